The van der Waals surface area contributed by atoms with Crippen molar-refractivity contribution in [1.29, 1.82) is 5.26 Å². The lowest BCUT2D eigenvalue weighted by Gasteiger charge is -2.38. The van der Waals surface area contributed by atoms with Crippen molar-refractivity contribution in [1.82, 2.24) is 0 Å². The molecule has 17 heavy (non-hydrogen) atoms. The minimum atomic E-state index is -0.411. The van der Waals surface area contributed by atoms with E-state index in [4.69, 9.17) is 11.6 Å². The van der Waals surface area contributed by atoms with E-state index in [2.05, 4.69) is 18.3 Å². The molecule has 90 valence electrons. The summed E-state index contributed by atoms with van der Waals surface area (Å²) in [6.07, 6.45) is 4.40. The van der Waals surface area contributed by atoms with Gasteiger partial charge in [-0.15, -0.1) is 0 Å². The van der Waals surface area contributed by atoms with Crippen LogP contribution in [-0.4, -0.2) is 5.54 Å². The second-order valence-corrected chi connectivity index (χ2v) is 5.30. The van der Waals surface area contributed by atoms with Crippen LogP contribution in [0.25, 0.3) is 0 Å². The van der Waals surface area contributed by atoms with Crippen LogP contribution in [0.1, 0.15) is 32.6 Å². The van der Waals surface area contributed by atoms with Crippen molar-refractivity contribution in [3.8, 4) is 6.07 Å². The average molecular weight is 249 g/mol. The molecule has 0 aromatic heterocycles. The van der Waals surface area contributed by atoms with Crippen LogP contribution in [0.5, 0.6) is 0 Å². The maximum absolute atomic E-state index is 9.49. The molecular weight excluding hydrogens is 232 g/mol. The summed E-state index contributed by atoms with van der Waals surface area (Å²) in [6, 6.07) is 10.1. The quantitative estimate of drug-likeness (QED) is 0.850. The van der Waals surface area contributed by atoms with Gasteiger partial charge in [-0.2, -0.15) is 5.26 Å². The van der Waals surface area contributed by atoms with Gasteiger partial charge in [0.15, 0.2) is 0 Å². The highest BCUT2D eigenvalue weighted by molar-refractivity contribution is 6.30. The molecule has 1 N–H and O–H groups in total. The fraction of sp³-hybridized carbons (Fsp3) is 0.500. The summed E-state index contributed by atoms with van der Waals surface area (Å²) in [4.78, 5) is 0. The minimum Gasteiger partial charge on any atom is -0.367 e. The maximum Gasteiger partial charge on any atom is 0.127 e. The van der Waals surface area contributed by atoms with Gasteiger partial charge in [0.1, 0.15) is 5.54 Å². The Bertz CT molecular complexity index is 421. The zero-order valence-electron chi connectivity index (χ0n) is 10.0. The first kappa shape index (κ1) is 12.3. The van der Waals surface area contributed by atoms with E-state index in [9.17, 15) is 5.26 Å². The highest BCUT2D eigenvalue weighted by Crippen LogP contribution is 2.36. The van der Waals surface area contributed by atoms with Gasteiger partial charge in [-0.05, 0) is 43.0 Å². The van der Waals surface area contributed by atoms with E-state index in [1.54, 1.807) is 0 Å². The Morgan fingerprint density at radius 1 is 1.35 bits per heavy atom. The van der Waals surface area contributed by atoms with Crippen LogP contribution in [0.3, 0.4) is 0 Å². The highest BCUT2D eigenvalue weighted by atomic mass is 35.5. The van der Waals surface area contributed by atoms with E-state index in [0.29, 0.717) is 5.92 Å². The van der Waals surface area contributed by atoms with Crippen molar-refractivity contribution in [3.63, 3.8) is 0 Å². The number of rotatable bonds is 2. The molecule has 0 spiro atoms. The van der Waals surface area contributed by atoms with Crippen molar-refractivity contribution in [2.45, 2.75) is 38.1 Å². The molecule has 1 aromatic rings. The van der Waals surface area contributed by atoms with Gasteiger partial charge in [-0.1, -0.05) is 31.4 Å². The number of anilines is 1. The van der Waals surface area contributed by atoms with Crippen molar-refractivity contribution >= 4 is 17.3 Å². The number of nitriles is 1. The van der Waals surface area contributed by atoms with Crippen LogP contribution in [0.2, 0.25) is 5.02 Å². The van der Waals surface area contributed by atoms with Gasteiger partial charge < -0.3 is 5.32 Å². The van der Waals surface area contributed by atoms with E-state index >= 15 is 0 Å². The fourth-order valence-electron chi connectivity index (χ4n) is 2.52. The van der Waals surface area contributed by atoms with Gasteiger partial charge in [-0.25, -0.2) is 0 Å². The molecule has 2 atom stereocenters. The summed E-state index contributed by atoms with van der Waals surface area (Å²) in [5, 5.41) is 13.6. The number of hydrogen-bond acceptors (Lipinski definition) is 2. The van der Waals surface area contributed by atoms with E-state index in [1.807, 2.05) is 24.3 Å². The second-order valence-electron chi connectivity index (χ2n) is 4.86. The van der Waals surface area contributed by atoms with E-state index in [1.165, 1.54) is 6.42 Å². The molecule has 0 saturated heterocycles. The predicted molar refractivity (Wildman–Crippen MR) is 71.1 cm³/mol. The third-order valence-electron chi connectivity index (χ3n) is 3.71. The molecule has 1 aliphatic rings. The molecule has 1 aromatic carbocycles. The summed E-state index contributed by atoms with van der Waals surface area (Å²) >= 11 is 5.86. The molecule has 1 saturated carbocycles. The fourth-order valence-corrected chi connectivity index (χ4v) is 2.64. The predicted octanol–water partition coefficient (Wildman–Crippen LogP) is 4.22. The molecule has 0 heterocycles. The summed E-state index contributed by atoms with van der Waals surface area (Å²) in [6.45, 7) is 2.16. The molecule has 2 rings (SSSR count). The Hall–Kier alpha value is -1.20. The Labute approximate surface area is 108 Å². The molecule has 3 heteroatoms. The Kier molecular flexibility index (Phi) is 3.59. The number of benzene rings is 1. The molecule has 2 unspecified atom stereocenters. The van der Waals surface area contributed by atoms with Crippen LogP contribution in [0, 0.1) is 17.2 Å². The normalized spacial score (nSPS) is 28.4. The first-order valence-electron chi connectivity index (χ1n) is 6.11. The standard InChI is InChI=1S/C14H17ClN2/c1-11-4-2-3-9-14(11,10-16)17-13-7-5-12(15)6-8-13/h5-8,11,17H,2-4,9H2,1H3. The third-order valence-corrected chi connectivity index (χ3v) is 3.96. The van der Waals surface area contributed by atoms with Gasteiger partial charge >= 0.3 is 0 Å². The van der Waals surface area contributed by atoms with Gasteiger partial charge in [-0.3, -0.25) is 0 Å². The first-order valence-corrected chi connectivity index (χ1v) is 6.49. The molecule has 2 nitrogen and oxygen atoms in total. The van der Waals surface area contributed by atoms with Crippen molar-refractivity contribution in [2.24, 2.45) is 5.92 Å². The summed E-state index contributed by atoms with van der Waals surface area (Å²) < 4.78 is 0. The van der Waals surface area contributed by atoms with Crippen molar-refractivity contribution < 1.29 is 0 Å². The lowest BCUT2D eigenvalue weighted by Crippen LogP contribution is -2.45. The monoisotopic (exact) mass is 248 g/mol. The van der Waals surface area contributed by atoms with Gasteiger partial charge in [0.05, 0.1) is 6.07 Å². The van der Waals surface area contributed by atoms with Crippen LogP contribution >= 0.6 is 11.6 Å². The smallest absolute Gasteiger partial charge is 0.127 e. The zero-order valence-corrected chi connectivity index (χ0v) is 10.8. The van der Waals surface area contributed by atoms with Gasteiger partial charge in [0, 0.05) is 10.7 Å². The van der Waals surface area contributed by atoms with E-state index in [-0.39, 0.29) is 0 Å². The topological polar surface area (TPSA) is 35.8 Å². The van der Waals surface area contributed by atoms with E-state index in [0.717, 1.165) is 30.0 Å². The highest BCUT2D eigenvalue weighted by Gasteiger charge is 2.38. The molecule has 0 radical (unpaired) electrons. The number of nitrogens with zero attached hydrogens (tertiary/aromatic N) is 1. The van der Waals surface area contributed by atoms with Crippen LogP contribution < -0.4 is 5.32 Å². The zero-order chi connectivity index (χ0) is 12.3. The largest absolute Gasteiger partial charge is 0.367 e. The summed E-state index contributed by atoms with van der Waals surface area (Å²) in [7, 11) is 0. The Morgan fingerprint density at radius 2 is 2.06 bits per heavy atom. The summed E-state index contributed by atoms with van der Waals surface area (Å²) in [5.41, 5.74) is 0.566. The van der Waals surface area contributed by atoms with Crippen molar-refractivity contribution in [3.05, 3.63) is 29.3 Å². The average Bonchev–Trinajstić information content (AvgIpc) is 2.35. The van der Waals surface area contributed by atoms with Crippen LogP contribution in [0.4, 0.5) is 5.69 Å². The Morgan fingerprint density at radius 3 is 2.65 bits per heavy atom. The minimum absolute atomic E-state index is 0.386. The van der Waals surface area contributed by atoms with Crippen LogP contribution in [0.15, 0.2) is 24.3 Å². The molecule has 1 fully saturated rings. The third kappa shape index (κ3) is 2.56. The lowest BCUT2D eigenvalue weighted by atomic mass is 9.74. The van der Waals surface area contributed by atoms with Gasteiger partial charge in [0.25, 0.3) is 0 Å². The molecule has 0 amide bonds. The summed E-state index contributed by atoms with van der Waals surface area (Å²) in [5.74, 6) is 0.386. The SMILES string of the molecule is CC1CCCCC1(C#N)Nc1ccc(Cl)cc1. The molecular formula is C14H17ClN2. The second kappa shape index (κ2) is 4.98. The number of hydrogen-bond donors (Lipinski definition) is 1. The van der Waals surface area contributed by atoms with Crippen molar-refractivity contribution in [2.75, 3.05) is 5.32 Å². The van der Waals surface area contributed by atoms with E-state index < -0.39 is 5.54 Å². The van der Waals surface area contributed by atoms with Crippen LogP contribution in [-0.2, 0) is 0 Å². The molecule has 0 aliphatic heterocycles. The first-order chi connectivity index (χ1) is 8.16. The molecule has 1 aliphatic carbocycles. The maximum atomic E-state index is 9.49. The van der Waals surface area contributed by atoms with Gasteiger partial charge in [0.2, 0.25) is 0 Å². The Balaban J connectivity index is 2.19. The molecule has 0 bridgehead atoms. The number of nitrogens with one attached hydrogen (secondary N) is 1. The lowest BCUT2D eigenvalue weighted by molar-refractivity contribution is 0.286. The number of halogens is 1.